The average molecular weight is 298 g/mol. The summed E-state index contributed by atoms with van der Waals surface area (Å²) in [4.78, 5) is 3.87. The summed E-state index contributed by atoms with van der Waals surface area (Å²) in [5, 5.41) is 0. The largest absolute Gasteiger partial charge is 0.337 e. The summed E-state index contributed by atoms with van der Waals surface area (Å²) in [5.74, 6) is -0.0705. The predicted octanol–water partition coefficient (Wildman–Crippen LogP) is 0.496. The molecule has 8 heteroatoms. The Labute approximate surface area is 116 Å². The van der Waals surface area contributed by atoms with Gasteiger partial charge in [-0.25, -0.2) is 22.5 Å². The fourth-order valence-electron chi connectivity index (χ4n) is 1.75. The molecular formula is C12H15FN4O2S. The minimum atomic E-state index is -3.84. The fraction of sp³-hybridized carbons (Fsp3) is 0.250. The molecule has 6 nitrogen and oxygen atoms in total. The summed E-state index contributed by atoms with van der Waals surface area (Å²) in [6.45, 7) is 0.0330. The van der Waals surface area contributed by atoms with Crippen molar-refractivity contribution in [3.8, 4) is 0 Å². The third-order valence-corrected chi connectivity index (χ3v) is 4.36. The lowest BCUT2D eigenvalue weighted by Gasteiger charge is -2.10. The number of hydrogen-bond donors (Lipinski definition) is 2. The van der Waals surface area contributed by atoms with E-state index in [0.717, 1.165) is 6.07 Å². The number of aryl methyl sites for hydroxylation is 1. The molecule has 0 saturated heterocycles. The molecule has 0 atom stereocenters. The minimum Gasteiger partial charge on any atom is -0.337 e. The van der Waals surface area contributed by atoms with Crippen molar-refractivity contribution in [1.29, 1.82) is 0 Å². The summed E-state index contributed by atoms with van der Waals surface area (Å²) in [6.07, 6.45) is 3.27. The molecule has 0 aliphatic heterocycles. The summed E-state index contributed by atoms with van der Waals surface area (Å²) in [5.41, 5.74) is 5.84. The van der Waals surface area contributed by atoms with Crippen molar-refractivity contribution in [3.63, 3.8) is 0 Å². The number of imidazole rings is 1. The second-order valence-electron chi connectivity index (χ2n) is 4.24. The first-order valence-corrected chi connectivity index (χ1v) is 7.36. The van der Waals surface area contributed by atoms with Crippen molar-refractivity contribution >= 4 is 10.0 Å². The molecular weight excluding hydrogens is 283 g/mol. The number of rotatable bonds is 5. The number of halogens is 1. The maximum Gasteiger partial charge on any atom is 0.241 e. The zero-order valence-electron chi connectivity index (χ0n) is 10.9. The lowest BCUT2D eigenvalue weighted by atomic mass is 10.2. The van der Waals surface area contributed by atoms with Crippen LogP contribution in [0.25, 0.3) is 0 Å². The average Bonchev–Trinajstić information content (AvgIpc) is 2.82. The van der Waals surface area contributed by atoms with E-state index in [1.807, 2.05) is 0 Å². The van der Waals surface area contributed by atoms with Gasteiger partial charge >= 0.3 is 0 Å². The van der Waals surface area contributed by atoms with E-state index in [1.165, 1.54) is 12.1 Å². The van der Waals surface area contributed by atoms with Crippen LogP contribution < -0.4 is 10.5 Å². The van der Waals surface area contributed by atoms with Gasteiger partial charge in [0.15, 0.2) is 0 Å². The van der Waals surface area contributed by atoms with Gasteiger partial charge in [0.25, 0.3) is 0 Å². The van der Waals surface area contributed by atoms with Gasteiger partial charge in [0.05, 0.1) is 11.4 Å². The molecule has 20 heavy (non-hydrogen) atoms. The number of nitrogens with zero attached hydrogens (tertiary/aromatic N) is 2. The Kier molecular flexibility index (Phi) is 4.17. The molecule has 0 aliphatic rings. The van der Waals surface area contributed by atoms with Crippen LogP contribution >= 0.6 is 0 Å². The van der Waals surface area contributed by atoms with Gasteiger partial charge in [0, 0.05) is 26.0 Å². The van der Waals surface area contributed by atoms with Crippen LogP contribution in [0.1, 0.15) is 11.4 Å². The number of hydrogen-bond acceptors (Lipinski definition) is 4. The minimum absolute atomic E-state index is 0.0128. The Bertz CT molecular complexity index is 712. The molecule has 0 saturated carbocycles. The Morgan fingerprint density at radius 2 is 2.20 bits per heavy atom. The van der Waals surface area contributed by atoms with Crippen molar-refractivity contribution in [2.75, 3.05) is 0 Å². The van der Waals surface area contributed by atoms with Crippen molar-refractivity contribution < 1.29 is 12.8 Å². The highest BCUT2D eigenvalue weighted by Gasteiger charge is 2.19. The molecule has 2 rings (SSSR count). The molecule has 0 fully saturated rings. The van der Waals surface area contributed by atoms with Crippen molar-refractivity contribution in [1.82, 2.24) is 14.3 Å². The van der Waals surface area contributed by atoms with Gasteiger partial charge in [-0.1, -0.05) is 6.07 Å². The Morgan fingerprint density at radius 1 is 1.45 bits per heavy atom. The number of aromatic nitrogens is 2. The molecule has 108 valence electrons. The zero-order valence-corrected chi connectivity index (χ0v) is 11.7. The maximum absolute atomic E-state index is 13.2. The summed E-state index contributed by atoms with van der Waals surface area (Å²) >= 11 is 0. The normalized spacial score (nSPS) is 11.8. The van der Waals surface area contributed by atoms with Gasteiger partial charge < -0.3 is 10.3 Å². The van der Waals surface area contributed by atoms with Crippen LogP contribution in [0, 0.1) is 5.82 Å². The Morgan fingerprint density at radius 3 is 2.80 bits per heavy atom. The molecule has 0 radical (unpaired) electrons. The van der Waals surface area contributed by atoms with E-state index in [-0.39, 0.29) is 18.0 Å². The molecule has 0 unspecified atom stereocenters. The van der Waals surface area contributed by atoms with Crippen LogP contribution in [0.4, 0.5) is 4.39 Å². The van der Waals surface area contributed by atoms with Crippen LogP contribution in [-0.2, 0) is 30.2 Å². The van der Waals surface area contributed by atoms with Crippen LogP contribution in [-0.4, -0.2) is 18.0 Å². The Balaban J connectivity index is 2.26. The maximum atomic E-state index is 13.2. The first kappa shape index (κ1) is 14.6. The molecule has 1 aromatic heterocycles. The molecule has 1 aromatic carbocycles. The number of nitrogens with one attached hydrogen (secondary N) is 1. The number of benzene rings is 1. The van der Waals surface area contributed by atoms with Gasteiger partial charge in [0.2, 0.25) is 10.0 Å². The highest BCUT2D eigenvalue weighted by molar-refractivity contribution is 7.89. The standard InChI is InChI=1S/C12H15FN4O2S/c1-17-5-4-15-12(17)8-16-20(18,19)11-6-10(13)3-2-9(11)7-14/h2-6,16H,7-8,14H2,1H3. The topological polar surface area (TPSA) is 90.0 Å². The lowest BCUT2D eigenvalue weighted by molar-refractivity contribution is 0.572. The quantitative estimate of drug-likeness (QED) is 0.841. The van der Waals surface area contributed by atoms with E-state index in [0.29, 0.717) is 11.4 Å². The summed E-state index contributed by atoms with van der Waals surface area (Å²) < 4.78 is 41.7. The first-order valence-electron chi connectivity index (χ1n) is 5.88. The SMILES string of the molecule is Cn1ccnc1CNS(=O)(=O)c1cc(F)ccc1CN. The van der Waals surface area contributed by atoms with Crippen molar-refractivity contribution in [2.45, 2.75) is 18.0 Å². The van der Waals surface area contributed by atoms with E-state index < -0.39 is 15.8 Å². The van der Waals surface area contributed by atoms with Crippen molar-refractivity contribution in [3.05, 3.63) is 47.8 Å². The van der Waals surface area contributed by atoms with E-state index in [1.54, 1.807) is 24.0 Å². The molecule has 1 heterocycles. The monoisotopic (exact) mass is 298 g/mol. The molecule has 0 aliphatic carbocycles. The zero-order chi connectivity index (χ0) is 14.8. The second kappa shape index (κ2) is 5.70. The summed E-state index contributed by atoms with van der Waals surface area (Å²) in [7, 11) is -2.09. The lowest BCUT2D eigenvalue weighted by Crippen LogP contribution is -2.26. The third kappa shape index (κ3) is 3.03. The molecule has 3 N–H and O–H groups in total. The molecule has 0 spiro atoms. The van der Waals surface area contributed by atoms with Gasteiger partial charge in [-0.05, 0) is 17.7 Å². The van der Waals surface area contributed by atoms with Gasteiger partial charge in [-0.2, -0.15) is 0 Å². The third-order valence-electron chi connectivity index (χ3n) is 2.88. The second-order valence-corrected chi connectivity index (χ2v) is 5.97. The van der Waals surface area contributed by atoms with Crippen LogP contribution in [0.3, 0.4) is 0 Å². The van der Waals surface area contributed by atoms with Gasteiger partial charge in [0.1, 0.15) is 11.6 Å². The van der Waals surface area contributed by atoms with Crippen LogP contribution in [0.5, 0.6) is 0 Å². The fourth-order valence-corrected chi connectivity index (χ4v) is 2.99. The van der Waals surface area contributed by atoms with Gasteiger partial charge in [-0.3, -0.25) is 0 Å². The van der Waals surface area contributed by atoms with Gasteiger partial charge in [-0.15, -0.1) is 0 Å². The highest BCUT2D eigenvalue weighted by atomic mass is 32.2. The number of nitrogens with two attached hydrogens (primary N) is 1. The smallest absolute Gasteiger partial charge is 0.241 e. The van der Waals surface area contributed by atoms with Crippen LogP contribution in [0.2, 0.25) is 0 Å². The highest BCUT2D eigenvalue weighted by Crippen LogP contribution is 2.17. The molecule has 2 aromatic rings. The number of sulfonamides is 1. The molecule has 0 amide bonds. The van der Waals surface area contributed by atoms with E-state index in [2.05, 4.69) is 9.71 Å². The first-order chi connectivity index (χ1) is 9.44. The van der Waals surface area contributed by atoms with Crippen LogP contribution in [0.15, 0.2) is 35.5 Å². The van der Waals surface area contributed by atoms with E-state index >= 15 is 0 Å². The molecule has 0 bridgehead atoms. The predicted molar refractivity (Wildman–Crippen MR) is 71.5 cm³/mol. The van der Waals surface area contributed by atoms with E-state index in [9.17, 15) is 12.8 Å². The summed E-state index contributed by atoms with van der Waals surface area (Å²) in [6, 6.07) is 3.51. The van der Waals surface area contributed by atoms with Crippen molar-refractivity contribution in [2.24, 2.45) is 12.8 Å². The Hall–Kier alpha value is -1.77. The van der Waals surface area contributed by atoms with E-state index in [4.69, 9.17) is 5.73 Å².